The number of aromatic nitrogens is 2. The van der Waals surface area contributed by atoms with Crippen LogP contribution < -0.4 is 5.32 Å². The molecular formula is C12H21N3OS. The van der Waals surface area contributed by atoms with Gasteiger partial charge in [0.15, 0.2) is 5.82 Å². The molecule has 0 aliphatic carbocycles. The highest BCUT2D eigenvalue weighted by atomic mass is 32.2. The maximum atomic E-state index is 5.28. The summed E-state index contributed by atoms with van der Waals surface area (Å²) in [6.07, 6.45) is 4.54. The Morgan fingerprint density at radius 2 is 2.47 bits per heavy atom. The van der Waals surface area contributed by atoms with E-state index < -0.39 is 0 Å². The predicted octanol–water partition coefficient (Wildman–Crippen LogP) is 2.40. The molecule has 1 N–H and O–H groups in total. The predicted molar refractivity (Wildman–Crippen MR) is 70.1 cm³/mol. The number of nitrogens with zero attached hydrogens (tertiary/aromatic N) is 2. The van der Waals surface area contributed by atoms with Crippen molar-refractivity contribution in [2.75, 3.05) is 6.54 Å². The van der Waals surface area contributed by atoms with Crippen LogP contribution in [0, 0.1) is 0 Å². The van der Waals surface area contributed by atoms with Crippen LogP contribution >= 0.6 is 11.8 Å². The molecule has 0 bridgehead atoms. The number of rotatable bonds is 6. The Morgan fingerprint density at radius 3 is 3.18 bits per heavy atom. The summed E-state index contributed by atoms with van der Waals surface area (Å²) in [4.78, 5) is 4.44. The van der Waals surface area contributed by atoms with Gasteiger partial charge in [0, 0.05) is 17.7 Å². The lowest BCUT2D eigenvalue weighted by molar-refractivity contribution is 0.361. The zero-order valence-corrected chi connectivity index (χ0v) is 11.4. The zero-order valence-electron chi connectivity index (χ0n) is 10.6. The molecule has 1 aromatic rings. The van der Waals surface area contributed by atoms with Gasteiger partial charge in [-0.15, -0.1) is 0 Å². The molecule has 1 aliphatic rings. The first-order valence-electron chi connectivity index (χ1n) is 6.44. The lowest BCUT2D eigenvalue weighted by Gasteiger charge is -2.05. The molecule has 0 spiro atoms. The Hall–Kier alpha value is -0.550. The van der Waals surface area contributed by atoms with E-state index in [-0.39, 0.29) is 0 Å². The van der Waals surface area contributed by atoms with Gasteiger partial charge >= 0.3 is 0 Å². The van der Waals surface area contributed by atoms with Crippen LogP contribution in [0.15, 0.2) is 4.52 Å². The van der Waals surface area contributed by atoms with Crippen LogP contribution in [-0.2, 0) is 12.2 Å². The van der Waals surface area contributed by atoms with E-state index in [1.165, 1.54) is 19.3 Å². The van der Waals surface area contributed by atoms with Gasteiger partial charge in [-0.3, -0.25) is 0 Å². The summed E-state index contributed by atoms with van der Waals surface area (Å²) < 4.78 is 5.28. The molecule has 2 atom stereocenters. The minimum absolute atomic E-state index is 0.533. The maximum absolute atomic E-state index is 5.28. The van der Waals surface area contributed by atoms with Crippen molar-refractivity contribution in [2.24, 2.45) is 0 Å². The molecule has 96 valence electrons. The summed E-state index contributed by atoms with van der Waals surface area (Å²) in [5.41, 5.74) is 0. The molecule has 0 amide bonds. The molecule has 2 rings (SSSR count). The molecule has 1 saturated heterocycles. The van der Waals surface area contributed by atoms with Gasteiger partial charge < -0.3 is 9.84 Å². The van der Waals surface area contributed by atoms with Gasteiger partial charge in [0.05, 0.1) is 5.75 Å². The van der Waals surface area contributed by atoms with Crippen molar-refractivity contribution in [1.29, 1.82) is 0 Å². The molecule has 2 unspecified atom stereocenters. The highest BCUT2D eigenvalue weighted by Crippen LogP contribution is 2.18. The molecule has 0 saturated carbocycles. The summed E-state index contributed by atoms with van der Waals surface area (Å²) in [6.45, 7) is 5.55. The molecule has 0 radical (unpaired) electrons. The third-order valence-corrected chi connectivity index (χ3v) is 4.49. The quantitative estimate of drug-likeness (QED) is 0.846. The average Bonchev–Trinajstić information content (AvgIpc) is 2.98. The van der Waals surface area contributed by atoms with Crippen LogP contribution in [-0.4, -0.2) is 28.0 Å². The number of nitrogens with one attached hydrogen (secondary N) is 1. The Morgan fingerprint density at radius 1 is 1.59 bits per heavy atom. The number of hydrogen-bond donors (Lipinski definition) is 1. The van der Waals surface area contributed by atoms with Gasteiger partial charge in [-0.2, -0.15) is 16.7 Å². The van der Waals surface area contributed by atoms with Crippen molar-refractivity contribution in [3.8, 4) is 0 Å². The lowest BCUT2D eigenvalue weighted by atomic mass is 10.2. The minimum Gasteiger partial charge on any atom is -0.339 e. The second-order valence-electron chi connectivity index (χ2n) is 4.63. The SMILES string of the molecule is CCC(C)SCc1noc(CC2CCCN2)n1. The van der Waals surface area contributed by atoms with Crippen LogP contribution in [0.4, 0.5) is 0 Å². The van der Waals surface area contributed by atoms with Crippen molar-refractivity contribution >= 4 is 11.8 Å². The summed E-state index contributed by atoms with van der Waals surface area (Å²) >= 11 is 1.88. The zero-order chi connectivity index (χ0) is 12.1. The van der Waals surface area contributed by atoms with E-state index in [9.17, 15) is 0 Å². The normalized spacial score (nSPS) is 21.9. The fourth-order valence-corrected chi connectivity index (χ4v) is 2.69. The minimum atomic E-state index is 0.533. The average molecular weight is 255 g/mol. The van der Waals surface area contributed by atoms with Crippen molar-refractivity contribution < 1.29 is 4.52 Å². The first-order chi connectivity index (χ1) is 8.28. The van der Waals surface area contributed by atoms with E-state index in [0.717, 1.165) is 30.4 Å². The first kappa shape index (κ1) is 12.9. The largest absolute Gasteiger partial charge is 0.339 e. The van der Waals surface area contributed by atoms with Gasteiger partial charge in [-0.25, -0.2) is 0 Å². The molecule has 1 fully saturated rings. The third-order valence-electron chi connectivity index (χ3n) is 3.17. The Kier molecular flexibility index (Phi) is 4.86. The second-order valence-corrected chi connectivity index (χ2v) is 6.06. The van der Waals surface area contributed by atoms with Gasteiger partial charge in [-0.1, -0.05) is 19.0 Å². The Labute approximate surface area is 107 Å². The summed E-state index contributed by atoms with van der Waals surface area (Å²) in [7, 11) is 0. The fraction of sp³-hybridized carbons (Fsp3) is 0.833. The monoisotopic (exact) mass is 255 g/mol. The van der Waals surface area contributed by atoms with Crippen molar-refractivity contribution in [3.63, 3.8) is 0 Å². The molecule has 5 heteroatoms. The first-order valence-corrected chi connectivity index (χ1v) is 7.49. The van der Waals surface area contributed by atoms with Crippen molar-refractivity contribution in [1.82, 2.24) is 15.5 Å². The van der Waals surface area contributed by atoms with Crippen LogP contribution in [0.25, 0.3) is 0 Å². The van der Waals surface area contributed by atoms with Crippen LogP contribution in [0.3, 0.4) is 0 Å². The highest BCUT2D eigenvalue weighted by molar-refractivity contribution is 7.99. The molecule has 4 nitrogen and oxygen atoms in total. The third kappa shape index (κ3) is 4.00. The number of thioether (sulfide) groups is 1. The van der Waals surface area contributed by atoms with E-state index in [1.54, 1.807) is 0 Å². The van der Waals surface area contributed by atoms with E-state index in [1.807, 2.05) is 11.8 Å². The maximum Gasteiger partial charge on any atom is 0.228 e. The lowest BCUT2D eigenvalue weighted by Crippen LogP contribution is -2.23. The van der Waals surface area contributed by atoms with Gasteiger partial charge in [0.2, 0.25) is 5.89 Å². The summed E-state index contributed by atoms with van der Waals surface area (Å²) in [5.74, 6) is 2.48. The smallest absolute Gasteiger partial charge is 0.228 e. The standard InChI is InChI=1S/C12H21N3OS/c1-3-9(2)17-8-11-14-12(16-15-11)7-10-5-4-6-13-10/h9-10,13H,3-8H2,1-2H3. The molecular weight excluding hydrogens is 234 g/mol. The van der Waals surface area contributed by atoms with Crippen molar-refractivity contribution in [2.45, 2.75) is 56.6 Å². The van der Waals surface area contributed by atoms with E-state index >= 15 is 0 Å². The van der Waals surface area contributed by atoms with E-state index in [4.69, 9.17) is 4.52 Å². The Balaban J connectivity index is 1.78. The summed E-state index contributed by atoms with van der Waals surface area (Å²) in [5, 5.41) is 8.13. The van der Waals surface area contributed by atoms with Crippen LogP contribution in [0.2, 0.25) is 0 Å². The molecule has 1 aliphatic heterocycles. The van der Waals surface area contributed by atoms with Gasteiger partial charge in [0.1, 0.15) is 0 Å². The van der Waals surface area contributed by atoms with E-state index in [2.05, 4.69) is 29.3 Å². The molecule has 0 aromatic carbocycles. The van der Waals surface area contributed by atoms with Crippen LogP contribution in [0.5, 0.6) is 0 Å². The molecule has 1 aromatic heterocycles. The topological polar surface area (TPSA) is 51.0 Å². The number of hydrogen-bond acceptors (Lipinski definition) is 5. The summed E-state index contributed by atoms with van der Waals surface area (Å²) in [6, 6.07) is 0.533. The van der Waals surface area contributed by atoms with Gasteiger partial charge in [0.25, 0.3) is 0 Å². The molecule has 17 heavy (non-hydrogen) atoms. The highest BCUT2D eigenvalue weighted by Gasteiger charge is 2.18. The van der Waals surface area contributed by atoms with Crippen molar-refractivity contribution in [3.05, 3.63) is 11.7 Å². The van der Waals surface area contributed by atoms with Gasteiger partial charge in [-0.05, 0) is 25.8 Å². The second kappa shape index (κ2) is 6.40. The Bertz CT molecular complexity index is 336. The van der Waals surface area contributed by atoms with Crippen LogP contribution in [0.1, 0.15) is 44.8 Å². The van der Waals surface area contributed by atoms with E-state index in [0.29, 0.717) is 11.3 Å². The molecule has 2 heterocycles. The fourth-order valence-electron chi connectivity index (χ4n) is 1.91.